The summed E-state index contributed by atoms with van der Waals surface area (Å²) in [6, 6.07) is 10.3. The van der Waals surface area contributed by atoms with E-state index in [2.05, 4.69) is 0 Å². The van der Waals surface area contributed by atoms with Gasteiger partial charge in [0.05, 0.1) is 5.02 Å². The van der Waals surface area contributed by atoms with Crippen LogP contribution in [-0.4, -0.2) is 23.3 Å². The van der Waals surface area contributed by atoms with Gasteiger partial charge < -0.3 is 20.7 Å². The van der Waals surface area contributed by atoms with E-state index < -0.39 is 29.2 Å². The molecule has 2 aromatic rings. The lowest BCUT2D eigenvalue weighted by Gasteiger charge is -2.34. The van der Waals surface area contributed by atoms with Crippen molar-refractivity contribution in [1.82, 2.24) is 0 Å². The van der Waals surface area contributed by atoms with Crippen LogP contribution in [0.2, 0.25) is 5.02 Å². The minimum absolute atomic E-state index is 0.0711. The minimum Gasteiger partial charge on any atom is -0.504 e. The van der Waals surface area contributed by atoms with E-state index in [1.807, 2.05) is 0 Å². The Balaban J connectivity index is 2.66. The van der Waals surface area contributed by atoms with Crippen molar-refractivity contribution in [1.29, 1.82) is 0 Å². The molecule has 0 spiro atoms. The molecule has 23 heavy (non-hydrogen) atoms. The van der Waals surface area contributed by atoms with Gasteiger partial charge in [0.2, 0.25) is 0 Å². The fraction of sp³-hybridized carbons (Fsp3) is 0.188. The lowest BCUT2D eigenvalue weighted by atomic mass is 9.81. The third-order valence-electron chi connectivity index (χ3n) is 3.63. The van der Waals surface area contributed by atoms with E-state index in [0.717, 1.165) is 6.07 Å². The van der Waals surface area contributed by atoms with Crippen LogP contribution in [0.3, 0.4) is 0 Å². The molecule has 7 heteroatoms. The smallest absolute Gasteiger partial charge is 0.331 e. The molecule has 0 aliphatic carbocycles. The molecule has 0 fully saturated rings. The van der Waals surface area contributed by atoms with Crippen LogP contribution < -0.4 is 5.73 Å². The summed E-state index contributed by atoms with van der Waals surface area (Å²) < 4.78 is 18.7. The van der Waals surface area contributed by atoms with Crippen LogP contribution in [-0.2, 0) is 15.1 Å². The molecule has 5 nitrogen and oxygen atoms in total. The summed E-state index contributed by atoms with van der Waals surface area (Å²) in [6.07, 6.45) is -1.25. The number of aliphatic carboxylic acids is 1. The van der Waals surface area contributed by atoms with Crippen molar-refractivity contribution in [3.8, 4) is 5.75 Å². The van der Waals surface area contributed by atoms with Gasteiger partial charge in [-0.1, -0.05) is 48.0 Å². The Hall–Kier alpha value is -2.15. The molecule has 4 N–H and O–H groups in total. The number of hydrogen-bond donors (Lipinski definition) is 3. The highest BCUT2D eigenvalue weighted by Crippen LogP contribution is 2.42. The molecule has 0 aliphatic rings. The third-order valence-corrected chi connectivity index (χ3v) is 4.03. The first-order valence-corrected chi connectivity index (χ1v) is 6.99. The molecule has 0 saturated carbocycles. The van der Waals surface area contributed by atoms with Crippen molar-refractivity contribution in [2.45, 2.75) is 11.6 Å². The van der Waals surface area contributed by atoms with E-state index in [0.29, 0.717) is 0 Å². The van der Waals surface area contributed by atoms with Crippen molar-refractivity contribution < 1.29 is 24.1 Å². The standard InChI is InChI=1S/C16H15ClFNO4/c1-23-14(10-7-8-11(18)13(20)12(10)17)16(19,15(21)22)9-5-3-2-4-6-9/h2-8,14,20H,19H2,1H3,(H,21,22). The molecule has 0 saturated heterocycles. The van der Waals surface area contributed by atoms with Crippen LogP contribution in [0.15, 0.2) is 42.5 Å². The molecule has 0 amide bonds. The maximum absolute atomic E-state index is 13.4. The van der Waals surface area contributed by atoms with E-state index in [-0.39, 0.29) is 16.1 Å². The molecular weight excluding hydrogens is 325 g/mol. The number of aromatic hydroxyl groups is 1. The largest absolute Gasteiger partial charge is 0.504 e. The van der Waals surface area contributed by atoms with E-state index in [1.54, 1.807) is 18.2 Å². The van der Waals surface area contributed by atoms with E-state index in [9.17, 15) is 19.4 Å². The number of phenols is 1. The maximum atomic E-state index is 13.4. The number of nitrogens with two attached hydrogens (primary N) is 1. The van der Waals surface area contributed by atoms with Gasteiger partial charge in [0.25, 0.3) is 0 Å². The van der Waals surface area contributed by atoms with Crippen LogP contribution in [0.5, 0.6) is 5.75 Å². The predicted molar refractivity (Wildman–Crippen MR) is 82.8 cm³/mol. The molecule has 0 heterocycles. The molecular formula is C16H15ClFNO4. The van der Waals surface area contributed by atoms with Crippen molar-refractivity contribution in [3.05, 3.63) is 64.4 Å². The van der Waals surface area contributed by atoms with Crippen molar-refractivity contribution in [3.63, 3.8) is 0 Å². The summed E-state index contributed by atoms with van der Waals surface area (Å²) in [5.41, 5.74) is 4.51. The normalized spacial score (nSPS) is 15.0. The lowest BCUT2D eigenvalue weighted by molar-refractivity contribution is -0.150. The molecule has 0 aromatic heterocycles. The van der Waals surface area contributed by atoms with Gasteiger partial charge in [-0.2, -0.15) is 0 Å². The molecule has 0 bridgehead atoms. The highest BCUT2D eigenvalue weighted by molar-refractivity contribution is 6.32. The number of carbonyl (C=O) groups is 1. The monoisotopic (exact) mass is 339 g/mol. The highest BCUT2D eigenvalue weighted by Gasteiger charge is 2.46. The Morgan fingerprint density at radius 3 is 2.43 bits per heavy atom. The maximum Gasteiger partial charge on any atom is 0.331 e. The SMILES string of the molecule is COC(c1ccc(F)c(O)c1Cl)C(N)(C(=O)O)c1ccccc1. The quantitative estimate of drug-likeness (QED) is 0.779. The zero-order valence-corrected chi connectivity index (χ0v) is 12.9. The number of hydrogen-bond acceptors (Lipinski definition) is 4. The van der Waals surface area contributed by atoms with Crippen molar-refractivity contribution in [2.75, 3.05) is 7.11 Å². The first-order valence-electron chi connectivity index (χ1n) is 6.61. The predicted octanol–water partition coefficient (Wildman–Crippen LogP) is 2.81. The second-order valence-corrected chi connectivity index (χ2v) is 5.33. The summed E-state index contributed by atoms with van der Waals surface area (Å²) >= 11 is 5.95. The minimum atomic E-state index is -1.98. The highest BCUT2D eigenvalue weighted by atomic mass is 35.5. The van der Waals surface area contributed by atoms with E-state index in [1.165, 1.54) is 25.3 Å². The molecule has 0 aliphatic heterocycles. The number of ether oxygens (including phenoxy) is 1. The van der Waals surface area contributed by atoms with Gasteiger partial charge >= 0.3 is 5.97 Å². The van der Waals surface area contributed by atoms with Gasteiger partial charge in [-0.3, -0.25) is 0 Å². The lowest BCUT2D eigenvalue weighted by Crippen LogP contribution is -2.50. The number of methoxy groups -OCH3 is 1. The summed E-state index contributed by atoms with van der Waals surface area (Å²) in [5, 5.41) is 19.0. The summed E-state index contributed by atoms with van der Waals surface area (Å²) in [6.45, 7) is 0. The van der Waals surface area contributed by atoms with Crippen LogP contribution in [0, 0.1) is 5.82 Å². The van der Waals surface area contributed by atoms with Gasteiger partial charge in [-0.25, -0.2) is 9.18 Å². The molecule has 0 radical (unpaired) electrons. The number of carboxylic acids is 1. The van der Waals surface area contributed by atoms with Crippen molar-refractivity contribution >= 4 is 17.6 Å². The number of rotatable bonds is 5. The number of carboxylic acid groups (broad SMARTS) is 1. The Bertz CT molecular complexity index is 726. The average molecular weight is 340 g/mol. The van der Waals surface area contributed by atoms with Crippen LogP contribution >= 0.6 is 11.6 Å². The number of benzene rings is 2. The average Bonchev–Trinajstić information content (AvgIpc) is 2.55. The Morgan fingerprint density at radius 2 is 1.91 bits per heavy atom. The Labute approximate surface area is 137 Å². The fourth-order valence-electron chi connectivity index (χ4n) is 2.42. The van der Waals surface area contributed by atoms with Crippen molar-refractivity contribution in [2.24, 2.45) is 5.73 Å². The Morgan fingerprint density at radius 1 is 1.30 bits per heavy atom. The molecule has 2 atom stereocenters. The zero-order valence-electron chi connectivity index (χ0n) is 12.2. The zero-order chi connectivity index (χ0) is 17.2. The van der Waals surface area contributed by atoms with Crippen LogP contribution in [0.4, 0.5) is 4.39 Å². The Kier molecular flexibility index (Phi) is 4.89. The van der Waals surface area contributed by atoms with Gasteiger partial charge in [0, 0.05) is 12.7 Å². The van der Waals surface area contributed by atoms with Gasteiger partial charge in [-0.05, 0) is 11.6 Å². The van der Waals surface area contributed by atoms with E-state index in [4.69, 9.17) is 22.1 Å². The summed E-state index contributed by atoms with van der Waals surface area (Å²) in [4.78, 5) is 11.9. The first kappa shape index (κ1) is 17.2. The summed E-state index contributed by atoms with van der Waals surface area (Å²) in [5.74, 6) is -3.06. The number of halogens is 2. The second-order valence-electron chi connectivity index (χ2n) is 4.96. The topological polar surface area (TPSA) is 92.8 Å². The summed E-state index contributed by atoms with van der Waals surface area (Å²) in [7, 11) is 1.26. The van der Waals surface area contributed by atoms with Gasteiger partial charge in [0.15, 0.2) is 17.1 Å². The van der Waals surface area contributed by atoms with Gasteiger partial charge in [-0.15, -0.1) is 0 Å². The number of phenolic OH excluding ortho intramolecular Hbond substituents is 1. The fourth-order valence-corrected chi connectivity index (χ4v) is 2.67. The molecule has 122 valence electrons. The molecule has 2 unspecified atom stereocenters. The third kappa shape index (κ3) is 2.88. The molecule has 2 aromatic carbocycles. The molecule has 2 rings (SSSR count). The van der Waals surface area contributed by atoms with Gasteiger partial charge in [0.1, 0.15) is 6.10 Å². The second kappa shape index (κ2) is 6.54. The van der Waals surface area contributed by atoms with Crippen LogP contribution in [0.1, 0.15) is 17.2 Å². The van der Waals surface area contributed by atoms with Crippen LogP contribution in [0.25, 0.3) is 0 Å². The first-order chi connectivity index (χ1) is 10.8. The van der Waals surface area contributed by atoms with E-state index >= 15 is 0 Å².